The monoisotopic (exact) mass is 429 g/mol. The van der Waals surface area contributed by atoms with Crippen LogP contribution in [-0.2, 0) is 43.2 Å². The molecule has 3 unspecified atom stereocenters. The Balaban J connectivity index is 4.60. The summed E-state index contributed by atoms with van der Waals surface area (Å²) in [7, 11) is 1.98. The zero-order chi connectivity index (χ0) is 23.0. The predicted molar refractivity (Wildman–Crippen MR) is 84.8 cm³/mol. The zero-order valence-corrected chi connectivity index (χ0v) is 16.5. The molecule has 0 amide bonds. The molecule has 0 aliphatic rings. The summed E-state index contributed by atoms with van der Waals surface area (Å²) in [6, 6.07) is 0. The topological polar surface area (TPSA) is 206 Å². The minimum atomic E-state index is -2.03. The van der Waals surface area contributed by atoms with Gasteiger partial charge in [0, 0.05) is 0 Å². The largest absolute Gasteiger partial charge is 0.600 e. The van der Waals surface area contributed by atoms with Gasteiger partial charge < -0.3 is 25.1 Å². The van der Waals surface area contributed by atoms with Crippen molar-refractivity contribution in [3.8, 4) is 0 Å². The highest BCUT2D eigenvalue weighted by atomic mass is 17.1. The Labute approximate surface area is 164 Å². The first-order chi connectivity index (χ1) is 13.1. The number of nitrogens with one attached hydrogen (secondary N) is 3. The molecule has 0 aliphatic carbocycles. The van der Waals surface area contributed by atoms with Gasteiger partial charge in [0.05, 0.1) is 7.05 Å². The third kappa shape index (κ3) is 10.6. The van der Waals surface area contributed by atoms with Crippen molar-refractivity contribution in [3.63, 3.8) is 0 Å². The quantitative estimate of drug-likeness (QED) is 0.129. The van der Waals surface area contributed by atoms with Gasteiger partial charge in [-0.05, 0) is 33.1 Å². The normalized spacial score (nSPS) is 14.9. The van der Waals surface area contributed by atoms with Gasteiger partial charge >= 0.3 is 24.1 Å². The lowest BCUT2D eigenvalue weighted by atomic mass is 10.1. The number of esters is 2. The van der Waals surface area contributed by atoms with E-state index in [1.165, 1.54) is 0 Å². The molecular formula is C13H23N3O13. The average molecular weight is 429 g/mol. The number of quaternary nitrogens is 3. The number of carbonyl (C=O) groups is 4. The molecule has 0 heterocycles. The van der Waals surface area contributed by atoms with Crippen molar-refractivity contribution in [1.29, 1.82) is 0 Å². The summed E-state index contributed by atoms with van der Waals surface area (Å²) in [4.78, 5) is 63.5. The van der Waals surface area contributed by atoms with Crippen LogP contribution in [0.5, 0.6) is 0 Å². The summed E-state index contributed by atoms with van der Waals surface area (Å²) >= 11 is 0. The SMILES string of the molecule is C[NH+]([O-])OC(=O)COC(=O)C(C)(C)O[NH+]([O-])OC(=O)OC(=O)C(C)(C)O[NH+](C)[O-]. The van der Waals surface area contributed by atoms with Gasteiger partial charge in [-0.3, -0.25) is 4.84 Å². The van der Waals surface area contributed by atoms with Crippen LogP contribution in [-0.4, -0.2) is 56.0 Å². The molecule has 0 fully saturated rings. The lowest BCUT2D eigenvalue weighted by Gasteiger charge is -2.27. The number of rotatable bonds is 10. The van der Waals surface area contributed by atoms with Crippen LogP contribution in [0, 0.1) is 15.6 Å². The first-order valence-electron chi connectivity index (χ1n) is 7.82. The van der Waals surface area contributed by atoms with Gasteiger partial charge in [-0.25, -0.2) is 19.6 Å². The van der Waals surface area contributed by atoms with E-state index in [0.29, 0.717) is 0 Å². The van der Waals surface area contributed by atoms with E-state index in [1.54, 1.807) is 0 Å². The van der Waals surface area contributed by atoms with E-state index in [4.69, 9.17) is 0 Å². The van der Waals surface area contributed by atoms with Gasteiger partial charge in [-0.2, -0.15) is 19.7 Å². The minimum Gasteiger partial charge on any atom is -0.600 e. The number of hydrogen-bond donors (Lipinski definition) is 3. The Morgan fingerprint density at radius 1 is 0.793 bits per heavy atom. The van der Waals surface area contributed by atoms with E-state index >= 15 is 0 Å². The fourth-order valence-corrected chi connectivity index (χ4v) is 1.45. The van der Waals surface area contributed by atoms with Gasteiger partial charge in [-0.15, -0.1) is 4.84 Å². The summed E-state index contributed by atoms with van der Waals surface area (Å²) in [6.45, 7) is 3.37. The summed E-state index contributed by atoms with van der Waals surface area (Å²) in [6.07, 6.45) is -1.81. The maximum Gasteiger partial charge on any atom is 0.571 e. The number of hydrogen-bond acceptors (Lipinski definition) is 13. The molecule has 0 saturated heterocycles. The second kappa shape index (κ2) is 10.9. The zero-order valence-electron chi connectivity index (χ0n) is 16.5. The fraction of sp³-hybridized carbons (Fsp3) is 0.692. The van der Waals surface area contributed by atoms with Crippen LogP contribution in [0.25, 0.3) is 0 Å². The molecule has 0 spiro atoms. The molecule has 3 N–H and O–H groups in total. The maximum atomic E-state index is 11.8. The van der Waals surface area contributed by atoms with Crippen LogP contribution in [0.2, 0.25) is 0 Å². The van der Waals surface area contributed by atoms with Crippen molar-refractivity contribution in [2.75, 3.05) is 20.7 Å². The van der Waals surface area contributed by atoms with E-state index in [9.17, 15) is 34.8 Å². The molecule has 16 heteroatoms. The van der Waals surface area contributed by atoms with E-state index in [-0.39, 0.29) is 0 Å². The lowest BCUT2D eigenvalue weighted by Crippen LogP contribution is -3.07. The molecule has 0 aromatic carbocycles. The third-order valence-electron chi connectivity index (χ3n) is 2.64. The van der Waals surface area contributed by atoms with Crippen LogP contribution < -0.4 is 15.8 Å². The van der Waals surface area contributed by atoms with Crippen LogP contribution in [0.1, 0.15) is 27.7 Å². The highest BCUT2D eigenvalue weighted by Crippen LogP contribution is 2.10. The number of hydroxylamine groups is 4. The summed E-state index contributed by atoms with van der Waals surface area (Å²) in [5.41, 5.74) is -3.87. The first-order valence-corrected chi connectivity index (χ1v) is 7.82. The van der Waals surface area contributed by atoms with E-state index in [2.05, 4.69) is 28.8 Å². The molecule has 0 radical (unpaired) electrons. The molecule has 168 valence electrons. The van der Waals surface area contributed by atoms with E-state index in [0.717, 1.165) is 41.8 Å². The predicted octanol–water partition coefficient (Wildman–Crippen LogP) is -4.59. The Kier molecular flexibility index (Phi) is 10.0. The second-order valence-electron chi connectivity index (χ2n) is 6.25. The molecule has 0 aromatic rings. The van der Waals surface area contributed by atoms with Gasteiger partial charge in [0.2, 0.25) is 11.2 Å². The van der Waals surface area contributed by atoms with Crippen LogP contribution in [0.15, 0.2) is 0 Å². The van der Waals surface area contributed by atoms with Crippen LogP contribution in [0.4, 0.5) is 4.79 Å². The van der Waals surface area contributed by atoms with Crippen LogP contribution >= 0.6 is 0 Å². The molecule has 0 aliphatic heterocycles. The molecule has 0 aromatic heterocycles. The van der Waals surface area contributed by atoms with Crippen molar-refractivity contribution in [2.24, 2.45) is 0 Å². The van der Waals surface area contributed by atoms with Crippen molar-refractivity contribution in [3.05, 3.63) is 15.6 Å². The van der Waals surface area contributed by atoms with Crippen molar-refractivity contribution < 1.29 is 63.8 Å². The second-order valence-corrected chi connectivity index (χ2v) is 6.25. The Hall–Kier alpha value is -2.44. The van der Waals surface area contributed by atoms with Gasteiger partial charge in [0.1, 0.15) is 7.05 Å². The third-order valence-corrected chi connectivity index (χ3v) is 2.64. The molecule has 16 nitrogen and oxygen atoms in total. The number of ether oxygens (including phenoxy) is 2. The average Bonchev–Trinajstić information content (AvgIpc) is 2.49. The van der Waals surface area contributed by atoms with Crippen molar-refractivity contribution in [2.45, 2.75) is 38.9 Å². The van der Waals surface area contributed by atoms with Gasteiger partial charge in [0.25, 0.3) is 0 Å². The summed E-state index contributed by atoms with van der Waals surface area (Å²) < 4.78 is 8.69. The maximum absolute atomic E-state index is 11.8. The molecular weight excluding hydrogens is 406 g/mol. The lowest BCUT2D eigenvalue weighted by molar-refractivity contribution is -1.20. The van der Waals surface area contributed by atoms with Crippen molar-refractivity contribution >= 4 is 24.1 Å². The Morgan fingerprint density at radius 2 is 1.31 bits per heavy atom. The number of carbonyl (C=O) groups excluding carboxylic acids is 4. The molecule has 0 saturated carbocycles. The summed E-state index contributed by atoms with van der Waals surface area (Å²) in [5, 5.41) is 29.6. The smallest absolute Gasteiger partial charge is 0.571 e. The van der Waals surface area contributed by atoms with Crippen molar-refractivity contribution in [1.82, 2.24) is 0 Å². The molecule has 0 bridgehead atoms. The van der Waals surface area contributed by atoms with E-state index < -0.39 is 57.7 Å². The molecule has 3 atom stereocenters. The molecule has 0 rings (SSSR count). The first kappa shape index (κ1) is 26.6. The van der Waals surface area contributed by atoms with Gasteiger partial charge in [-0.1, -0.05) is 0 Å². The highest BCUT2D eigenvalue weighted by Gasteiger charge is 2.39. The Bertz CT molecular complexity index is 605. The summed E-state index contributed by atoms with van der Waals surface area (Å²) in [5.74, 6) is -3.75. The highest BCUT2D eigenvalue weighted by molar-refractivity contribution is 5.87. The van der Waals surface area contributed by atoms with E-state index in [1.807, 2.05) is 0 Å². The fourth-order valence-electron chi connectivity index (χ4n) is 1.45. The van der Waals surface area contributed by atoms with Crippen LogP contribution in [0.3, 0.4) is 0 Å². The standard InChI is InChI=1S/C13H23N3O13/c1-12(2,9(18)24-7-8(17)26-14(5)21)29-16(23)27-11(20)25-10(19)13(3,4)28-15(6)22/h14-16H,7H2,1-6H3. The minimum absolute atomic E-state index is 0.827. The van der Waals surface area contributed by atoms with Gasteiger partial charge in [0.15, 0.2) is 6.61 Å². The molecule has 29 heavy (non-hydrogen) atoms. The Morgan fingerprint density at radius 3 is 1.79 bits per heavy atom.